The Morgan fingerprint density at radius 2 is 1.78 bits per heavy atom. The molecule has 2 aliphatic rings. The van der Waals surface area contributed by atoms with Gasteiger partial charge >= 0.3 is 0 Å². The Kier molecular flexibility index (Phi) is 8.67. The first-order valence-corrected chi connectivity index (χ1v) is 14.9. The fraction of sp³-hybridized carbons (Fsp3) is 0.516. The molecule has 0 saturated heterocycles. The van der Waals surface area contributed by atoms with Crippen LogP contribution in [0.25, 0.3) is 11.1 Å². The van der Waals surface area contributed by atoms with Crippen molar-refractivity contribution in [1.29, 1.82) is 0 Å². The smallest absolute Gasteiger partial charge is 0.181 e. The third-order valence-electron chi connectivity index (χ3n) is 8.38. The maximum absolute atomic E-state index is 12.9. The van der Waals surface area contributed by atoms with Gasteiger partial charge in [-0.15, -0.1) is 11.3 Å². The SMILES string of the molecule is CCCN(CCC1CCC(CC(=O)c2ccc(-c3ccccc3)cn2)CC1)[C@H]1CCc2nc(N)sc2C1. The molecule has 196 valence electrons. The molecular weight excluding hydrogens is 476 g/mol. The lowest BCUT2D eigenvalue weighted by Gasteiger charge is -2.36. The summed E-state index contributed by atoms with van der Waals surface area (Å²) in [6.45, 7) is 4.65. The number of nitrogens with zero attached hydrogens (tertiary/aromatic N) is 3. The average Bonchev–Trinajstić information content (AvgIpc) is 3.31. The van der Waals surface area contributed by atoms with Gasteiger partial charge in [0.1, 0.15) is 5.69 Å². The molecule has 3 aromatic rings. The van der Waals surface area contributed by atoms with Crippen LogP contribution in [0.2, 0.25) is 0 Å². The first-order valence-electron chi connectivity index (χ1n) is 14.1. The number of hydrogen-bond donors (Lipinski definition) is 1. The van der Waals surface area contributed by atoms with Gasteiger partial charge in [0.2, 0.25) is 0 Å². The Morgan fingerprint density at radius 1 is 1.00 bits per heavy atom. The second-order valence-electron chi connectivity index (χ2n) is 11.0. The number of hydrogen-bond acceptors (Lipinski definition) is 6. The van der Waals surface area contributed by atoms with Crippen molar-refractivity contribution in [2.24, 2.45) is 11.8 Å². The molecule has 2 N–H and O–H groups in total. The van der Waals surface area contributed by atoms with Crippen molar-refractivity contribution in [2.75, 3.05) is 18.8 Å². The largest absolute Gasteiger partial charge is 0.375 e. The van der Waals surface area contributed by atoms with Gasteiger partial charge in [-0.3, -0.25) is 9.78 Å². The second-order valence-corrected chi connectivity index (χ2v) is 12.1. The second kappa shape index (κ2) is 12.3. The van der Waals surface area contributed by atoms with Crippen LogP contribution in [0.3, 0.4) is 0 Å². The lowest BCUT2D eigenvalue weighted by atomic mass is 9.78. The number of thiazole rings is 1. The van der Waals surface area contributed by atoms with E-state index in [-0.39, 0.29) is 5.78 Å². The van der Waals surface area contributed by atoms with E-state index in [0.29, 0.717) is 24.1 Å². The van der Waals surface area contributed by atoms with Crippen molar-refractivity contribution < 1.29 is 4.79 Å². The van der Waals surface area contributed by atoms with E-state index in [0.717, 1.165) is 35.0 Å². The summed E-state index contributed by atoms with van der Waals surface area (Å²) in [6, 6.07) is 14.7. The summed E-state index contributed by atoms with van der Waals surface area (Å²) in [7, 11) is 0. The highest BCUT2D eigenvalue weighted by atomic mass is 32.1. The minimum atomic E-state index is 0.192. The molecular formula is C31H40N4OS. The van der Waals surface area contributed by atoms with Gasteiger partial charge in [-0.2, -0.15) is 0 Å². The number of rotatable bonds is 10. The van der Waals surface area contributed by atoms with E-state index < -0.39 is 0 Å². The minimum absolute atomic E-state index is 0.192. The topological polar surface area (TPSA) is 72.1 Å². The number of carbonyl (C=O) groups excluding carboxylic acids is 1. The van der Waals surface area contributed by atoms with Crippen molar-refractivity contribution >= 4 is 22.3 Å². The van der Waals surface area contributed by atoms with Gasteiger partial charge < -0.3 is 10.6 Å². The number of aromatic nitrogens is 2. The molecule has 2 aliphatic carbocycles. The number of pyridine rings is 1. The Hall–Kier alpha value is -2.57. The van der Waals surface area contributed by atoms with Crippen LogP contribution in [0.5, 0.6) is 0 Å². The average molecular weight is 517 g/mol. The summed E-state index contributed by atoms with van der Waals surface area (Å²) in [5.74, 6) is 1.48. The Balaban J connectivity index is 1.07. The van der Waals surface area contributed by atoms with Gasteiger partial charge in [0.05, 0.1) is 5.69 Å². The molecule has 0 amide bonds. The number of nitrogens with two attached hydrogens (primary N) is 1. The van der Waals surface area contributed by atoms with Crippen molar-refractivity contribution in [3.8, 4) is 11.1 Å². The third-order valence-corrected chi connectivity index (χ3v) is 9.33. The molecule has 1 atom stereocenters. The summed E-state index contributed by atoms with van der Waals surface area (Å²) in [5.41, 5.74) is 10.0. The number of fused-ring (bicyclic) bond motifs is 1. The molecule has 0 spiro atoms. The zero-order valence-electron chi connectivity index (χ0n) is 22.1. The van der Waals surface area contributed by atoms with Gasteiger partial charge in [-0.25, -0.2) is 4.98 Å². The van der Waals surface area contributed by atoms with Crippen molar-refractivity contribution in [3.63, 3.8) is 0 Å². The standard InChI is InChI=1S/C31H40N4OS/c1-2-17-35(26-13-15-28-30(20-26)37-31(32)34-28)18-16-22-8-10-23(11-9-22)19-29(36)27-14-12-25(21-33-27)24-6-4-3-5-7-24/h3-7,12,14,21-23,26H,2,8-11,13,15-20H2,1H3,(H2,32,34)/t22?,23?,26-/m0/s1. The molecule has 0 aliphatic heterocycles. The molecule has 37 heavy (non-hydrogen) atoms. The van der Waals surface area contributed by atoms with E-state index in [1.54, 1.807) is 11.3 Å². The van der Waals surface area contributed by atoms with E-state index in [1.165, 1.54) is 68.6 Å². The van der Waals surface area contributed by atoms with Crippen molar-refractivity contribution in [3.05, 3.63) is 64.9 Å². The molecule has 0 radical (unpaired) electrons. The first-order chi connectivity index (χ1) is 18.1. The summed E-state index contributed by atoms with van der Waals surface area (Å²) in [4.78, 5) is 26.1. The number of aryl methyl sites for hydroxylation is 1. The monoisotopic (exact) mass is 516 g/mol. The number of nitrogen functional groups attached to an aromatic ring is 1. The van der Waals surface area contributed by atoms with Crippen molar-refractivity contribution in [2.45, 2.75) is 77.2 Å². The van der Waals surface area contributed by atoms with Gasteiger partial charge in [0, 0.05) is 29.1 Å². The van der Waals surface area contributed by atoms with E-state index in [1.807, 2.05) is 36.5 Å². The molecule has 6 heteroatoms. The van der Waals surface area contributed by atoms with Crippen LogP contribution in [0.15, 0.2) is 48.7 Å². The van der Waals surface area contributed by atoms with Crippen LogP contribution >= 0.6 is 11.3 Å². The number of Topliss-reactive ketones (excluding diaryl/α,β-unsaturated/α-hetero) is 1. The zero-order valence-corrected chi connectivity index (χ0v) is 22.9. The van der Waals surface area contributed by atoms with E-state index >= 15 is 0 Å². The van der Waals surface area contributed by atoms with Crippen LogP contribution in [0, 0.1) is 11.8 Å². The van der Waals surface area contributed by atoms with Crippen LogP contribution < -0.4 is 5.73 Å². The van der Waals surface area contributed by atoms with Crippen molar-refractivity contribution in [1.82, 2.24) is 14.9 Å². The Morgan fingerprint density at radius 3 is 2.51 bits per heavy atom. The number of benzene rings is 1. The molecule has 1 fully saturated rings. The Bertz CT molecular complexity index is 1150. The molecule has 2 heterocycles. The van der Waals surface area contributed by atoms with Crippen LogP contribution in [-0.4, -0.2) is 39.8 Å². The number of carbonyl (C=O) groups is 1. The lowest BCUT2D eigenvalue weighted by Crippen LogP contribution is -2.41. The van der Waals surface area contributed by atoms with Crippen LogP contribution in [-0.2, 0) is 12.8 Å². The fourth-order valence-electron chi connectivity index (χ4n) is 6.25. The highest BCUT2D eigenvalue weighted by Gasteiger charge is 2.28. The summed E-state index contributed by atoms with van der Waals surface area (Å²) < 4.78 is 0. The van der Waals surface area contributed by atoms with Crippen LogP contribution in [0.1, 0.15) is 79.3 Å². The quantitative estimate of drug-likeness (QED) is 0.299. The molecule has 1 saturated carbocycles. The fourth-order valence-corrected chi connectivity index (χ4v) is 7.20. The van der Waals surface area contributed by atoms with E-state index in [4.69, 9.17) is 5.73 Å². The Labute approximate surface area is 225 Å². The lowest BCUT2D eigenvalue weighted by molar-refractivity contribution is 0.0933. The minimum Gasteiger partial charge on any atom is -0.375 e. The highest BCUT2D eigenvalue weighted by molar-refractivity contribution is 7.15. The molecule has 2 aromatic heterocycles. The van der Waals surface area contributed by atoms with Gasteiger partial charge in [0.25, 0.3) is 0 Å². The normalized spacial score (nSPS) is 21.6. The maximum Gasteiger partial charge on any atom is 0.181 e. The van der Waals surface area contributed by atoms with E-state index in [2.05, 4.69) is 33.9 Å². The predicted octanol–water partition coefficient (Wildman–Crippen LogP) is 6.83. The summed E-state index contributed by atoms with van der Waals surface area (Å²) in [5, 5.41) is 0.725. The van der Waals surface area contributed by atoms with Crippen LogP contribution in [0.4, 0.5) is 5.13 Å². The van der Waals surface area contributed by atoms with Gasteiger partial charge in [-0.1, -0.05) is 56.2 Å². The molecule has 0 unspecified atom stereocenters. The molecule has 0 bridgehead atoms. The predicted molar refractivity (Wildman–Crippen MR) is 153 cm³/mol. The molecule has 5 nitrogen and oxygen atoms in total. The zero-order chi connectivity index (χ0) is 25.6. The first kappa shape index (κ1) is 26.1. The highest BCUT2D eigenvalue weighted by Crippen LogP contribution is 2.35. The number of ketones is 1. The van der Waals surface area contributed by atoms with E-state index in [9.17, 15) is 4.79 Å². The molecule has 5 rings (SSSR count). The molecule has 1 aromatic carbocycles. The van der Waals surface area contributed by atoms with Gasteiger partial charge in [-0.05, 0) is 81.5 Å². The maximum atomic E-state index is 12.9. The summed E-state index contributed by atoms with van der Waals surface area (Å²) in [6.07, 6.45) is 13.1. The van der Waals surface area contributed by atoms with Gasteiger partial charge in [0.15, 0.2) is 10.9 Å². The number of anilines is 1. The third kappa shape index (κ3) is 6.66. The summed E-state index contributed by atoms with van der Waals surface area (Å²) >= 11 is 1.69.